The molecule has 3 nitrogen and oxygen atoms in total. The van der Waals surface area contributed by atoms with Gasteiger partial charge in [0.05, 0.1) is 6.54 Å². The second-order valence-electron chi connectivity index (χ2n) is 3.46. The smallest absolute Gasteiger partial charge is 0.282 e. The summed E-state index contributed by atoms with van der Waals surface area (Å²) in [6.45, 7) is 0.770. The van der Waals surface area contributed by atoms with Crippen molar-refractivity contribution in [1.29, 1.82) is 0 Å². The van der Waals surface area contributed by atoms with Crippen LogP contribution in [0.3, 0.4) is 0 Å². The van der Waals surface area contributed by atoms with E-state index in [-0.39, 0.29) is 5.56 Å². The molecule has 1 aliphatic carbocycles. The summed E-state index contributed by atoms with van der Waals surface area (Å²) in [4.78, 5) is 11.1. The number of hydrogen-bond donors (Lipinski definition) is 0. The molecular weight excluding hydrogens is 154 g/mol. The van der Waals surface area contributed by atoms with Crippen molar-refractivity contribution in [2.24, 2.45) is 5.92 Å². The van der Waals surface area contributed by atoms with Crippen LogP contribution in [0, 0.1) is 5.92 Å². The van der Waals surface area contributed by atoms with Gasteiger partial charge in [-0.1, -0.05) is 12.8 Å². The highest BCUT2D eigenvalue weighted by molar-refractivity contribution is 4.77. The zero-order valence-corrected chi connectivity index (χ0v) is 7.03. The molecular formula is C9H13NO2. The molecule has 0 bridgehead atoms. The summed E-state index contributed by atoms with van der Waals surface area (Å²) in [6, 6.07) is 1.47. The fraction of sp³-hybridized carbons (Fsp3) is 0.667. The lowest BCUT2D eigenvalue weighted by Crippen LogP contribution is -2.17. The standard InChI is InChI=1S/C9H13NO2/c11-9-5-6-12-10(9)7-8-3-1-2-4-8/h5-6,8H,1-4,7H2. The van der Waals surface area contributed by atoms with Gasteiger partial charge in [0.1, 0.15) is 6.26 Å². The average molecular weight is 167 g/mol. The van der Waals surface area contributed by atoms with Crippen LogP contribution in [0.25, 0.3) is 0 Å². The first-order valence-corrected chi connectivity index (χ1v) is 4.51. The van der Waals surface area contributed by atoms with E-state index in [4.69, 9.17) is 4.52 Å². The van der Waals surface area contributed by atoms with E-state index in [2.05, 4.69) is 0 Å². The van der Waals surface area contributed by atoms with Gasteiger partial charge in [-0.3, -0.25) is 4.79 Å². The molecule has 1 fully saturated rings. The van der Waals surface area contributed by atoms with Crippen LogP contribution in [0.15, 0.2) is 21.6 Å². The van der Waals surface area contributed by atoms with Crippen molar-refractivity contribution in [2.75, 3.05) is 0 Å². The normalized spacial score (nSPS) is 18.7. The summed E-state index contributed by atoms with van der Waals surface area (Å²) < 4.78 is 6.48. The van der Waals surface area contributed by atoms with E-state index >= 15 is 0 Å². The van der Waals surface area contributed by atoms with Crippen LogP contribution < -0.4 is 5.56 Å². The number of hydrogen-bond acceptors (Lipinski definition) is 2. The highest BCUT2D eigenvalue weighted by Crippen LogP contribution is 2.25. The third-order valence-corrected chi connectivity index (χ3v) is 2.54. The van der Waals surface area contributed by atoms with Gasteiger partial charge in [0.15, 0.2) is 0 Å². The summed E-state index contributed by atoms with van der Waals surface area (Å²) in [5.74, 6) is 0.661. The van der Waals surface area contributed by atoms with Crippen LogP contribution >= 0.6 is 0 Å². The molecule has 1 heterocycles. The molecule has 0 atom stereocenters. The first kappa shape index (κ1) is 7.65. The van der Waals surface area contributed by atoms with Crippen molar-refractivity contribution < 1.29 is 4.52 Å². The van der Waals surface area contributed by atoms with Gasteiger partial charge in [-0.05, 0) is 18.8 Å². The average Bonchev–Trinajstić information content (AvgIpc) is 2.65. The molecule has 0 aliphatic heterocycles. The largest absolute Gasteiger partial charge is 0.384 e. The lowest BCUT2D eigenvalue weighted by atomic mass is 10.1. The van der Waals surface area contributed by atoms with Crippen LogP contribution in [0.1, 0.15) is 25.7 Å². The number of rotatable bonds is 2. The van der Waals surface area contributed by atoms with E-state index < -0.39 is 0 Å². The van der Waals surface area contributed by atoms with E-state index in [1.807, 2.05) is 0 Å². The predicted molar refractivity (Wildman–Crippen MR) is 44.9 cm³/mol. The Hall–Kier alpha value is -0.990. The molecule has 1 aliphatic rings. The first-order valence-electron chi connectivity index (χ1n) is 4.51. The maximum atomic E-state index is 11.1. The first-order chi connectivity index (χ1) is 5.86. The van der Waals surface area contributed by atoms with Crippen molar-refractivity contribution in [3.05, 3.63) is 22.7 Å². The Kier molecular flexibility index (Phi) is 2.02. The Bertz CT molecular complexity index is 293. The van der Waals surface area contributed by atoms with Crippen molar-refractivity contribution >= 4 is 0 Å². The lowest BCUT2D eigenvalue weighted by Gasteiger charge is -2.06. The minimum Gasteiger partial charge on any atom is -0.384 e. The van der Waals surface area contributed by atoms with Gasteiger partial charge in [-0.25, -0.2) is 0 Å². The van der Waals surface area contributed by atoms with Gasteiger partial charge in [-0.15, -0.1) is 0 Å². The maximum absolute atomic E-state index is 11.1. The number of nitrogens with zero attached hydrogens (tertiary/aromatic N) is 1. The Balaban J connectivity index is 2.03. The topological polar surface area (TPSA) is 35.1 Å². The van der Waals surface area contributed by atoms with E-state index in [1.165, 1.54) is 42.8 Å². The minimum atomic E-state index is -0.0121. The van der Waals surface area contributed by atoms with Crippen molar-refractivity contribution in [1.82, 2.24) is 4.74 Å². The van der Waals surface area contributed by atoms with Crippen LogP contribution in [0.5, 0.6) is 0 Å². The Morgan fingerprint density at radius 2 is 2.25 bits per heavy atom. The summed E-state index contributed by atoms with van der Waals surface area (Å²) >= 11 is 0. The minimum absolute atomic E-state index is 0.0121. The maximum Gasteiger partial charge on any atom is 0.282 e. The van der Waals surface area contributed by atoms with Gasteiger partial charge in [-0.2, -0.15) is 4.74 Å². The van der Waals surface area contributed by atoms with Crippen LogP contribution in [-0.4, -0.2) is 4.74 Å². The third kappa shape index (κ3) is 1.44. The summed E-state index contributed by atoms with van der Waals surface area (Å²) in [5, 5.41) is 0. The van der Waals surface area contributed by atoms with Gasteiger partial charge in [0.2, 0.25) is 0 Å². The van der Waals surface area contributed by atoms with Crippen LogP contribution in [0.4, 0.5) is 0 Å². The Morgan fingerprint density at radius 3 is 2.83 bits per heavy atom. The Labute approximate surface area is 71.0 Å². The molecule has 1 aromatic rings. The monoisotopic (exact) mass is 167 g/mol. The highest BCUT2D eigenvalue weighted by atomic mass is 16.5. The molecule has 1 saturated carbocycles. The molecule has 2 rings (SSSR count). The third-order valence-electron chi connectivity index (χ3n) is 2.54. The zero-order valence-electron chi connectivity index (χ0n) is 7.03. The quantitative estimate of drug-likeness (QED) is 0.671. The second kappa shape index (κ2) is 3.17. The van der Waals surface area contributed by atoms with Crippen LogP contribution in [-0.2, 0) is 6.54 Å². The van der Waals surface area contributed by atoms with Gasteiger partial charge in [0, 0.05) is 6.07 Å². The highest BCUT2D eigenvalue weighted by Gasteiger charge is 2.16. The molecule has 0 saturated heterocycles. The summed E-state index contributed by atoms with van der Waals surface area (Å²) in [6.07, 6.45) is 6.55. The van der Waals surface area contributed by atoms with E-state index in [9.17, 15) is 4.79 Å². The van der Waals surface area contributed by atoms with Gasteiger partial charge >= 0.3 is 0 Å². The fourth-order valence-corrected chi connectivity index (χ4v) is 1.86. The molecule has 12 heavy (non-hydrogen) atoms. The lowest BCUT2D eigenvalue weighted by molar-refractivity contribution is 0.224. The zero-order chi connectivity index (χ0) is 8.39. The van der Waals surface area contributed by atoms with E-state index in [0.29, 0.717) is 5.92 Å². The SMILES string of the molecule is O=c1ccon1CC1CCCC1. The predicted octanol–water partition coefficient (Wildman–Crippen LogP) is 1.63. The molecule has 3 heteroatoms. The fourth-order valence-electron chi connectivity index (χ4n) is 1.86. The van der Waals surface area contributed by atoms with E-state index in [1.54, 1.807) is 0 Å². The summed E-state index contributed by atoms with van der Waals surface area (Å²) in [5.41, 5.74) is -0.0121. The molecule has 0 aromatic carbocycles. The molecule has 1 aromatic heterocycles. The molecule has 0 unspecified atom stereocenters. The molecule has 0 N–H and O–H groups in total. The van der Waals surface area contributed by atoms with Crippen molar-refractivity contribution in [3.63, 3.8) is 0 Å². The molecule has 0 amide bonds. The molecule has 0 spiro atoms. The van der Waals surface area contributed by atoms with Crippen molar-refractivity contribution in [2.45, 2.75) is 32.2 Å². The van der Waals surface area contributed by atoms with Gasteiger partial charge < -0.3 is 4.52 Å². The molecule has 0 radical (unpaired) electrons. The van der Waals surface area contributed by atoms with Gasteiger partial charge in [0.25, 0.3) is 5.56 Å². The van der Waals surface area contributed by atoms with E-state index in [0.717, 1.165) is 6.54 Å². The van der Waals surface area contributed by atoms with Crippen LogP contribution in [0.2, 0.25) is 0 Å². The summed E-state index contributed by atoms with van der Waals surface area (Å²) in [7, 11) is 0. The number of aromatic nitrogens is 1. The van der Waals surface area contributed by atoms with Crippen molar-refractivity contribution in [3.8, 4) is 0 Å². The Morgan fingerprint density at radius 1 is 1.50 bits per heavy atom. The second-order valence-corrected chi connectivity index (χ2v) is 3.46. The molecule has 66 valence electrons.